The van der Waals surface area contributed by atoms with Gasteiger partial charge in [0.05, 0.1) is 11.5 Å². The number of halogens is 4. The maximum Gasteiger partial charge on any atom is 0.281 e. The highest BCUT2D eigenvalue weighted by Gasteiger charge is 2.38. The van der Waals surface area contributed by atoms with Gasteiger partial charge in [0.25, 0.3) is 5.91 Å². The highest BCUT2D eigenvalue weighted by atomic mass is 32.2. The Morgan fingerprint density at radius 2 is 1.69 bits per heavy atom. The first-order chi connectivity index (χ1) is 18.8. The van der Waals surface area contributed by atoms with Crippen LogP contribution in [0.2, 0.25) is 0 Å². The maximum atomic E-state index is 14.6. The van der Waals surface area contributed by atoms with Gasteiger partial charge in [0, 0.05) is 35.6 Å². The standard InChI is InChI=1S/C27H19F4N3O3S2/c28-16-7-5-15(6-8-16)25-33-34(26(36)24-20(30)11-17(29)12-21(24)31)27(39-25)19-3-1-2-4-22(19)37-14-18(35)13-23-32-9-10-38-23/h1-8,11-12,27H,9-10,13-14H2. The number of ether oxygens (including phenoxy) is 1. The quantitative estimate of drug-likeness (QED) is 0.311. The van der Waals surface area contributed by atoms with Crippen molar-refractivity contribution in [1.29, 1.82) is 0 Å². The van der Waals surface area contributed by atoms with Crippen LogP contribution in [0.1, 0.15) is 33.3 Å². The molecule has 3 aromatic carbocycles. The van der Waals surface area contributed by atoms with Gasteiger partial charge < -0.3 is 4.74 Å². The van der Waals surface area contributed by atoms with Gasteiger partial charge in [-0.1, -0.05) is 30.0 Å². The topological polar surface area (TPSA) is 71.3 Å². The second-order valence-electron chi connectivity index (χ2n) is 8.44. The van der Waals surface area contributed by atoms with Crippen LogP contribution in [-0.4, -0.2) is 45.7 Å². The van der Waals surface area contributed by atoms with Crippen molar-refractivity contribution < 1.29 is 31.9 Å². The fraction of sp³-hybridized carbons (Fsp3) is 0.185. The lowest BCUT2D eigenvalue weighted by Crippen LogP contribution is -2.28. The number of Topliss-reactive ketones (excluding diaryl/α,β-unsaturated/α-hetero) is 1. The number of aliphatic imine (C=N–C) groups is 1. The number of hydrogen-bond donors (Lipinski definition) is 0. The smallest absolute Gasteiger partial charge is 0.281 e. The van der Waals surface area contributed by atoms with E-state index in [1.165, 1.54) is 36.0 Å². The zero-order valence-electron chi connectivity index (χ0n) is 20.1. The van der Waals surface area contributed by atoms with Crippen molar-refractivity contribution in [3.8, 4) is 5.75 Å². The lowest BCUT2D eigenvalue weighted by molar-refractivity contribution is -0.119. The van der Waals surface area contributed by atoms with Crippen LogP contribution in [0.4, 0.5) is 17.6 Å². The molecule has 1 amide bonds. The molecule has 5 rings (SSSR count). The minimum absolute atomic E-state index is 0.149. The molecule has 0 fully saturated rings. The lowest BCUT2D eigenvalue weighted by atomic mass is 10.1. The monoisotopic (exact) mass is 573 g/mol. The van der Waals surface area contributed by atoms with Gasteiger partial charge >= 0.3 is 0 Å². The number of para-hydroxylation sites is 1. The molecule has 0 saturated heterocycles. The van der Waals surface area contributed by atoms with Crippen molar-refractivity contribution in [3.63, 3.8) is 0 Å². The molecule has 0 bridgehead atoms. The molecular formula is C27H19F4N3O3S2. The zero-order valence-corrected chi connectivity index (χ0v) is 21.7. The summed E-state index contributed by atoms with van der Waals surface area (Å²) >= 11 is 2.59. The van der Waals surface area contributed by atoms with E-state index in [2.05, 4.69) is 10.1 Å². The Balaban J connectivity index is 1.47. The number of rotatable bonds is 8. The van der Waals surface area contributed by atoms with Crippen molar-refractivity contribution in [2.75, 3.05) is 18.9 Å². The number of benzene rings is 3. The number of thioether (sulfide) groups is 2. The second-order valence-corrected chi connectivity index (χ2v) is 10.7. The lowest BCUT2D eigenvalue weighted by Gasteiger charge is -2.23. The molecule has 2 heterocycles. The van der Waals surface area contributed by atoms with Crippen molar-refractivity contribution in [2.24, 2.45) is 10.1 Å². The third kappa shape index (κ3) is 6.01. The summed E-state index contributed by atoms with van der Waals surface area (Å²) in [5, 5.41) is 5.23. The van der Waals surface area contributed by atoms with Crippen molar-refractivity contribution >= 4 is 45.3 Å². The van der Waals surface area contributed by atoms with Gasteiger partial charge in [0.1, 0.15) is 51.6 Å². The molecule has 1 atom stereocenters. The van der Waals surface area contributed by atoms with Crippen LogP contribution in [0.5, 0.6) is 5.75 Å². The Labute approximate surface area is 229 Å². The van der Waals surface area contributed by atoms with E-state index in [1.807, 2.05) is 0 Å². The van der Waals surface area contributed by atoms with Gasteiger partial charge in [-0.05, 0) is 30.3 Å². The minimum Gasteiger partial charge on any atom is -0.485 e. The Morgan fingerprint density at radius 3 is 2.38 bits per heavy atom. The molecule has 0 spiro atoms. The van der Waals surface area contributed by atoms with E-state index in [-0.39, 0.29) is 29.6 Å². The summed E-state index contributed by atoms with van der Waals surface area (Å²) in [5.74, 6) is -4.66. The summed E-state index contributed by atoms with van der Waals surface area (Å²) in [6.07, 6.45) is 0.149. The molecule has 0 aromatic heterocycles. The summed E-state index contributed by atoms with van der Waals surface area (Å²) in [4.78, 5) is 30.2. The predicted molar refractivity (Wildman–Crippen MR) is 142 cm³/mol. The molecular weight excluding hydrogens is 554 g/mol. The summed E-state index contributed by atoms with van der Waals surface area (Å²) in [5.41, 5.74) is -0.111. The van der Waals surface area contributed by atoms with Crippen molar-refractivity contribution in [1.82, 2.24) is 5.01 Å². The molecule has 2 aliphatic rings. The zero-order chi connectivity index (χ0) is 27.5. The molecule has 0 aliphatic carbocycles. The van der Waals surface area contributed by atoms with Gasteiger partial charge in [-0.15, -0.1) is 11.8 Å². The molecule has 3 aromatic rings. The second kappa shape index (κ2) is 11.6. The largest absolute Gasteiger partial charge is 0.485 e. The SMILES string of the molecule is O=C(COc1ccccc1C1SC(c2ccc(F)cc2)=NN1C(=O)c1c(F)cc(F)cc1F)CC1=NCCS1. The molecule has 0 N–H and O–H groups in total. The minimum atomic E-state index is -1.38. The van der Waals surface area contributed by atoms with Gasteiger partial charge in [-0.25, -0.2) is 22.6 Å². The van der Waals surface area contributed by atoms with E-state index >= 15 is 0 Å². The van der Waals surface area contributed by atoms with Crippen LogP contribution < -0.4 is 4.74 Å². The highest BCUT2D eigenvalue weighted by molar-refractivity contribution is 8.15. The van der Waals surface area contributed by atoms with Crippen LogP contribution in [0.15, 0.2) is 70.8 Å². The third-order valence-corrected chi connectivity index (χ3v) is 7.95. The van der Waals surface area contributed by atoms with Crippen LogP contribution in [0, 0.1) is 23.3 Å². The van der Waals surface area contributed by atoms with Gasteiger partial charge in [-0.2, -0.15) is 5.10 Å². The van der Waals surface area contributed by atoms with Crippen molar-refractivity contribution in [2.45, 2.75) is 11.8 Å². The van der Waals surface area contributed by atoms with Crippen LogP contribution in [-0.2, 0) is 4.79 Å². The van der Waals surface area contributed by atoms with Gasteiger partial charge in [-0.3, -0.25) is 14.6 Å². The number of nitrogens with zero attached hydrogens (tertiary/aromatic N) is 3. The van der Waals surface area contributed by atoms with E-state index in [1.54, 1.807) is 24.3 Å². The van der Waals surface area contributed by atoms with E-state index in [0.717, 1.165) is 27.6 Å². The summed E-state index contributed by atoms with van der Waals surface area (Å²) in [6.45, 7) is 0.417. The van der Waals surface area contributed by atoms with Crippen LogP contribution >= 0.6 is 23.5 Å². The van der Waals surface area contributed by atoms with Crippen molar-refractivity contribution in [3.05, 3.63) is 101 Å². The fourth-order valence-electron chi connectivity index (χ4n) is 3.94. The van der Waals surface area contributed by atoms with E-state index in [9.17, 15) is 27.2 Å². The molecule has 12 heteroatoms. The molecule has 39 heavy (non-hydrogen) atoms. The summed E-state index contributed by atoms with van der Waals surface area (Å²) in [6, 6.07) is 12.7. The fourth-order valence-corrected chi connectivity index (χ4v) is 5.98. The molecule has 200 valence electrons. The number of carbonyl (C=O) groups is 2. The Bertz CT molecular complexity index is 1470. The normalized spacial score (nSPS) is 16.7. The number of carbonyl (C=O) groups excluding carboxylic acids is 2. The molecule has 1 unspecified atom stereocenters. The first kappa shape index (κ1) is 26.9. The predicted octanol–water partition coefficient (Wildman–Crippen LogP) is 5.98. The molecule has 0 radical (unpaired) electrons. The van der Waals surface area contributed by atoms with E-state index < -0.39 is 40.1 Å². The van der Waals surface area contributed by atoms with Gasteiger partial charge in [0.15, 0.2) is 5.78 Å². The third-order valence-electron chi connectivity index (χ3n) is 5.73. The van der Waals surface area contributed by atoms with E-state index in [0.29, 0.717) is 29.8 Å². The number of hydrazone groups is 1. The molecule has 6 nitrogen and oxygen atoms in total. The molecule has 0 saturated carbocycles. The Morgan fingerprint density at radius 1 is 0.974 bits per heavy atom. The average molecular weight is 574 g/mol. The average Bonchev–Trinajstić information content (AvgIpc) is 3.58. The van der Waals surface area contributed by atoms with Crippen LogP contribution in [0.25, 0.3) is 0 Å². The summed E-state index contributed by atoms with van der Waals surface area (Å²) < 4.78 is 62.0. The highest BCUT2D eigenvalue weighted by Crippen LogP contribution is 2.45. The number of hydrogen-bond acceptors (Lipinski definition) is 7. The van der Waals surface area contributed by atoms with Gasteiger partial charge in [0.2, 0.25) is 0 Å². The van der Waals surface area contributed by atoms with Crippen LogP contribution in [0.3, 0.4) is 0 Å². The number of ketones is 1. The Kier molecular flexibility index (Phi) is 8.03. The number of amides is 1. The molecule has 2 aliphatic heterocycles. The maximum absolute atomic E-state index is 14.6. The Hall–Kier alpha value is -3.64. The first-order valence-electron chi connectivity index (χ1n) is 11.7. The summed E-state index contributed by atoms with van der Waals surface area (Å²) in [7, 11) is 0. The van der Waals surface area contributed by atoms with E-state index in [4.69, 9.17) is 4.74 Å². The first-order valence-corrected chi connectivity index (χ1v) is 13.6.